The molecule has 2 rings (SSSR count). The number of carbonyl (C=O) groups is 2. The topological polar surface area (TPSA) is 85.9 Å². The molecule has 138 valence electrons. The molecule has 7 nitrogen and oxygen atoms in total. The second-order valence-corrected chi connectivity index (χ2v) is 5.29. The molecule has 26 heavy (non-hydrogen) atoms. The molecular formula is C19H22N2O5. The average molecular weight is 358 g/mol. The summed E-state index contributed by atoms with van der Waals surface area (Å²) in [5.41, 5.74) is 0.964. The number of ether oxygens (including phenoxy) is 3. The molecule has 0 aromatic heterocycles. The number of benzene rings is 2. The van der Waals surface area contributed by atoms with Crippen LogP contribution in [0.5, 0.6) is 17.2 Å². The van der Waals surface area contributed by atoms with Crippen molar-refractivity contribution in [3.8, 4) is 17.2 Å². The van der Waals surface area contributed by atoms with Gasteiger partial charge in [0.05, 0.1) is 27.4 Å². The molecule has 0 fully saturated rings. The lowest BCUT2D eigenvalue weighted by molar-refractivity contribution is -0.115. The number of anilines is 1. The highest BCUT2D eigenvalue weighted by molar-refractivity contribution is 5.99. The second kappa shape index (κ2) is 9.31. The molecule has 0 saturated heterocycles. The molecule has 0 aliphatic heterocycles. The molecule has 7 heteroatoms. The van der Waals surface area contributed by atoms with Crippen molar-refractivity contribution in [3.05, 3.63) is 48.0 Å². The number of hydrogen-bond acceptors (Lipinski definition) is 5. The first kappa shape index (κ1) is 19.1. The van der Waals surface area contributed by atoms with Crippen molar-refractivity contribution in [2.24, 2.45) is 0 Å². The monoisotopic (exact) mass is 358 g/mol. The van der Waals surface area contributed by atoms with E-state index >= 15 is 0 Å². The third-order valence-corrected chi connectivity index (χ3v) is 3.47. The van der Waals surface area contributed by atoms with Gasteiger partial charge in [0.15, 0.2) is 0 Å². The van der Waals surface area contributed by atoms with Crippen LogP contribution < -0.4 is 24.8 Å². The predicted molar refractivity (Wildman–Crippen MR) is 98.1 cm³/mol. The van der Waals surface area contributed by atoms with E-state index in [2.05, 4.69) is 10.6 Å². The molecular weight excluding hydrogens is 336 g/mol. The summed E-state index contributed by atoms with van der Waals surface area (Å²) in [6, 6.07) is 11.8. The smallest absolute Gasteiger partial charge is 0.251 e. The summed E-state index contributed by atoms with van der Waals surface area (Å²) in [5, 5.41) is 5.27. The maximum absolute atomic E-state index is 12.2. The van der Waals surface area contributed by atoms with Gasteiger partial charge in [-0.1, -0.05) is 0 Å². The Kier molecular flexibility index (Phi) is 6.84. The lowest BCUT2D eigenvalue weighted by Gasteiger charge is -2.10. The van der Waals surface area contributed by atoms with Crippen LogP contribution in [0.2, 0.25) is 0 Å². The van der Waals surface area contributed by atoms with Gasteiger partial charge in [0.2, 0.25) is 5.91 Å². The maximum atomic E-state index is 12.2. The third kappa shape index (κ3) is 5.41. The van der Waals surface area contributed by atoms with E-state index in [-0.39, 0.29) is 12.5 Å². The SMILES string of the molecule is CCOc1ccc(NC(=O)CNC(=O)c2cc(OC)cc(OC)c2)cc1. The molecule has 2 aromatic carbocycles. The van der Waals surface area contributed by atoms with Crippen LogP contribution in [0.1, 0.15) is 17.3 Å². The first-order valence-electron chi connectivity index (χ1n) is 8.09. The molecule has 0 aliphatic rings. The Morgan fingerprint density at radius 2 is 1.54 bits per heavy atom. The van der Waals surface area contributed by atoms with E-state index in [0.717, 1.165) is 5.75 Å². The molecule has 0 unspecified atom stereocenters. The first-order valence-corrected chi connectivity index (χ1v) is 8.09. The van der Waals surface area contributed by atoms with Crippen LogP contribution >= 0.6 is 0 Å². The Bertz CT molecular complexity index is 737. The molecule has 0 radical (unpaired) electrons. The van der Waals surface area contributed by atoms with Crippen LogP contribution in [0.3, 0.4) is 0 Å². The Morgan fingerprint density at radius 1 is 0.923 bits per heavy atom. The Morgan fingerprint density at radius 3 is 2.08 bits per heavy atom. The van der Waals surface area contributed by atoms with Crippen LogP contribution in [0, 0.1) is 0 Å². The molecule has 2 aromatic rings. The van der Waals surface area contributed by atoms with E-state index in [4.69, 9.17) is 14.2 Å². The van der Waals surface area contributed by atoms with Crippen molar-refractivity contribution < 1.29 is 23.8 Å². The van der Waals surface area contributed by atoms with E-state index in [1.165, 1.54) is 14.2 Å². The Labute approximate surface area is 152 Å². The minimum absolute atomic E-state index is 0.161. The van der Waals surface area contributed by atoms with Gasteiger partial charge in [-0.3, -0.25) is 9.59 Å². The van der Waals surface area contributed by atoms with Crippen LogP contribution in [0.25, 0.3) is 0 Å². The van der Waals surface area contributed by atoms with Gasteiger partial charge in [0.25, 0.3) is 5.91 Å². The normalized spacial score (nSPS) is 9.96. The third-order valence-electron chi connectivity index (χ3n) is 3.47. The lowest BCUT2D eigenvalue weighted by atomic mass is 10.2. The van der Waals surface area contributed by atoms with E-state index in [9.17, 15) is 9.59 Å². The fourth-order valence-corrected chi connectivity index (χ4v) is 2.21. The molecule has 0 spiro atoms. The number of carbonyl (C=O) groups excluding carboxylic acids is 2. The molecule has 0 saturated carbocycles. The number of hydrogen-bond donors (Lipinski definition) is 2. The number of amides is 2. The Balaban J connectivity index is 1.91. The largest absolute Gasteiger partial charge is 0.497 e. The van der Waals surface area contributed by atoms with E-state index in [1.54, 1.807) is 42.5 Å². The Hall–Kier alpha value is -3.22. The minimum Gasteiger partial charge on any atom is -0.497 e. The maximum Gasteiger partial charge on any atom is 0.251 e. The summed E-state index contributed by atoms with van der Waals surface area (Å²) in [6.07, 6.45) is 0. The van der Waals surface area contributed by atoms with Crippen LogP contribution in [-0.2, 0) is 4.79 Å². The van der Waals surface area contributed by atoms with Gasteiger partial charge in [-0.25, -0.2) is 0 Å². The van der Waals surface area contributed by atoms with Gasteiger partial charge in [0.1, 0.15) is 17.2 Å². The summed E-state index contributed by atoms with van der Waals surface area (Å²) in [7, 11) is 3.00. The fraction of sp³-hybridized carbons (Fsp3) is 0.263. The van der Waals surface area contributed by atoms with Crippen molar-refractivity contribution in [2.45, 2.75) is 6.92 Å². The average Bonchev–Trinajstić information content (AvgIpc) is 2.67. The van der Waals surface area contributed by atoms with Crippen molar-refractivity contribution in [3.63, 3.8) is 0 Å². The van der Waals surface area contributed by atoms with Crippen molar-refractivity contribution in [1.82, 2.24) is 5.32 Å². The van der Waals surface area contributed by atoms with Gasteiger partial charge in [0, 0.05) is 17.3 Å². The highest BCUT2D eigenvalue weighted by Gasteiger charge is 2.11. The van der Waals surface area contributed by atoms with E-state index in [0.29, 0.717) is 29.4 Å². The zero-order chi connectivity index (χ0) is 18.9. The lowest BCUT2D eigenvalue weighted by Crippen LogP contribution is -2.32. The van der Waals surface area contributed by atoms with Crippen LogP contribution in [0.4, 0.5) is 5.69 Å². The number of methoxy groups -OCH3 is 2. The van der Waals surface area contributed by atoms with Gasteiger partial charge in [-0.2, -0.15) is 0 Å². The van der Waals surface area contributed by atoms with Crippen LogP contribution in [-0.4, -0.2) is 39.2 Å². The molecule has 2 amide bonds. The summed E-state index contributed by atoms with van der Waals surface area (Å²) in [4.78, 5) is 24.2. The quantitative estimate of drug-likeness (QED) is 0.757. The van der Waals surface area contributed by atoms with Crippen molar-refractivity contribution in [1.29, 1.82) is 0 Å². The van der Waals surface area contributed by atoms with E-state index in [1.807, 2.05) is 6.92 Å². The summed E-state index contributed by atoms with van der Waals surface area (Å²) >= 11 is 0. The van der Waals surface area contributed by atoms with Crippen molar-refractivity contribution in [2.75, 3.05) is 32.7 Å². The standard InChI is InChI=1S/C19H22N2O5/c1-4-26-15-7-5-14(6-8-15)21-18(22)12-20-19(23)13-9-16(24-2)11-17(10-13)25-3/h5-11H,4,12H2,1-3H3,(H,20,23)(H,21,22). The fourth-order valence-electron chi connectivity index (χ4n) is 2.21. The van der Waals surface area contributed by atoms with Crippen molar-refractivity contribution >= 4 is 17.5 Å². The molecule has 0 bridgehead atoms. The predicted octanol–water partition coefficient (Wildman–Crippen LogP) is 2.47. The molecule has 2 N–H and O–H groups in total. The number of rotatable bonds is 8. The van der Waals surface area contributed by atoms with Crippen LogP contribution in [0.15, 0.2) is 42.5 Å². The number of nitrogens with one attached hydrogen (secondary N) is 2. The molecule has 0 heterocycles. The zero-order valence-corrected chi connectivity index (χ0v) is 15.0. The molecule has 0 atom stereocenters. The highest BCUT2D eigenvalue weighted by atomic mass is 16.5. The van der Waals surface area contributed by atoms with Gasteiger partial charge >= 0.3 is 0 Å². The summed E-state index contributed by atoms with van der Waals surface area (Å²) in [6.45, 7) is 2.31. The van der Waals surface area contributed by atoms with Gasteiger partial charge in [-0.05, 0) is 43.3 Å². The summed E-state index contributed by atoms with van der Waals surface area (Å²) < 4.78 is 15.6. The second-order valence-electron chi connectivity index (χ2n) is 5.29. The van der Waals surface area contributed by atoms with Gasteiger partial charge < -0.3 is 24.8 Å². The van der Waals surface area contributed by atoms with E-state index < -0.39 is 5.91 Å². The van der Waals surface area contributed by atoms with Gasteiger partial charge in [-0.15, -0.1) is 0 Å². The highest BCUT2D eigenvalue weighted by Crippen LogP contribution is 2.22. The first-order chi connectivity index (χ1) is 12.5. The molecule has 0 aliphatic carbocycles. The minimum atomic E-state index is -0.399. The summed E-state index contributed by atoms with van der Waals surface area (Å²) in [5.74, 6) is 0.980. The zero-order valence-electron chi connectivity index (χ0n) is 15.0.